The van der Waals surface area contributed by atoms with Gasteiger partial charge in [0, 0.05) is 38.6 Å². The van der Waals surface area contributed by atoms with Crippen molar-refractivity contribution in [1.82, 2.24) is 20.2 Å². The minimum absolute atomic E-state index is 0.0230. The maximum absolute atomic E-state index is 13.2. The van der Waals surface area contributed by atoms with Crippen LogP contribution in [0.1, 0.15) is 28.8 Å². The van der Waals surface area contributed by atoms with Crippen LogP contribution in [0.15, 0.2) is 36.7 Å². The van der Waals surface area contributed by atoms with E-state index in [4.69, 9.17) is 0 Å². The van der Waals surface area contributed by atoms with Crippen LogP contribution in [0.5, 0.6) is 0 Å². The minimum Gasteiger partial charge on any atom is -0.348 e. The lowest BCUT2D eigenvalue weighted by Crippen LogP contribution is -2.54. The first kappa shape index (κ1) is 19.2. The molecule has 0 aliphatic carbocycles. The molecule has 3 rings (SSSR count). The van der Waals surface area contributed by atoms with Crippen LogP contribution in [-0.2, 0) is 6.42 Å². The minimum atomic E-state index is -0.234. The molecular weight excluding hydrogens is 345 g/mol. The number of hydrogen-bond acceptors (Lipinski definition) is 5. The SMILES string of the molecule is CN(C)c1ncc(C(=O)N[C@H]2CCCN(C)[C@H]2Cc2ccc(F)cc2)cn1. The Bertz CT molecular complexity index is 763. The fourth-order valence-corrected chi connectivity index (χ4v) is 3.48. The molecule has 0 bridgehead atoms. The molecule has 2 heterocycles. The van der Waals surface area contributed by atoms with E-state index in [0.717, 1.165) is 31.4 Å². The number of rotatable bonds is 5. The number of halogens is 1. The fourth-order valence-electron chi connectivity index (χ4n) is 3.48. The second-order valence-electron chi connectivity index (χ2n) is 7.27. The third kappa shape index (κ3) is 4.80. The van der Waals surface area contributed by atoms with Gasteiger partial charge in [-0.2, -0.15) is 0 Å². The molecule has 0 unspecified atom stereocenters. The number of carbonyl (C=O) groups excluding carboxylic acids is 1. The average molecular weight is 371 g/mol. The van der Waals surface area contributed by atoms with Crippen LogP contribution in [0.4, 0.5) is 10.3 Å². The van der Waals surface area contributed by atoms with Gasteiger partial charge in [0.15, 0.2) is 0 Å². The molecule has 0 radical (unpaired) electrons. The Morgan fingerprint density at radius 3 is 2.56 bits per heavy atom. The highest BCUT2D eigenvalue weighted by molar-refractivity contribution is 5.93. The summed E-state index contributed by atoms with van der Waals surface area (Å²) in [6, 6.07) is 6.77. The van der Waals surface area contributed by atoms with Gasteiger partial charge in [0.25, 0.3) is 5.91 Å². The number of nitrogens with zero attached hydrogens (tertiary/aromatic N) is 4. The number of aromatic nitrogens is 2. The fraction of sp³-hybridized carbons (Fsp3) is 0.450. The molecule has 0 spiro atoms. The molecule has 1 amide bonds. The summed E-state index contributed by atoms with van der Waals surface area (Å²) in [4.78, 5) is 25.1. The van der Waals surface area contributed by atoms with E-state index in [-0.39, 0.29) is 23.8 Å². The van der Waals surface area contributed by atoms with Gasteiger partial charge in [0.1, 0.15) is 5.82 Å². The summed E-state index contributed by atoms with van der Waals surface area (Å²) in [5, 5.41) is 3.15. The third-order valence-corrected chi connectivity index (χ3v) is 5.03. The quantitative estimate of drug-likeness (QED) is 0.872. The van der Waals surface area contributed by atoms with Crippen molar-refractivity contribution in [2.45, 2.75) is 31.3 Å². The van der Waals surface area contributed by atoms with Crippen molar-refractivity contribution in [3.63, 3.8) is 0 Å². The van der Waals surface area contributed by atoms with Gasteiger partial charge >= 0.3 is 0 Å². The molecule has 144 valence electrons. The van der Waals surface area contributed by atoms with Gasteiger partial charge in [0.05, 0.1) is 5.56 Å². The molecule has 0 saturated carbocycles. The second-order valence-corrected chi connectivity index (χ2v) is 7.27. The lowest BCUT2D eigenvalue weighted by Gasteiger charge is -2.39. The number of nitrogens with one attached hydrogen (secondary N) is 1. The van der Waals surface area contributed by atoms with Gasteiger partial charge in [-0.1, -0.05) is 12.1 Å². The monoisotopic (exact) mass is 371 g/mol. The average Bonchev–Trinajstić information content (AvgIpc) is 2.66. The molecule has 1 saturated heterocycles. The Labute approximate surface area is 159 Å². The van der Waals surface area contributed by atoms with Crippen molar-refractivity contribution >= 4 is 11.9 Å². The largest absolute Gasteiger partial charge is 0.348 e. The molecule has 1 aromatic carbocycles. The van der Waals surface area contributed by atoms with E-state index in [1.165, 1.54) is 12.1 Å². The van der Waals surface area contributed by atoms with E-state index >= 15 is 0 Å². The van der Waals surface area contributed by atoms with Gasteiger partial charge < -0.3 is 15.1 Å². The van der Waals surface area contributed by atoms with Crippen molar-refractivity contribution in [3.05, 3.63) is 53.6 Å². The Kier molecular flexibility index (Phi) is 6.01. The van der Waals surface area contributed by atoms with E-state index in [2.05, 4.69) is 27.2 Å². The van der Waals surface area contributed by atoms with Crippen LogP contribution in [0.3, 0.4) is 0 Å². The highest BCUT2D eigenvalue weighted by atomic mass is 19.1. The van der Waals surface area contributed by atoms with Crippen molar-refractivity contribution < 1.29 is 9.18 Å². The first-order valence-corrected chi connectivity index (χ1v) is 9.19. The number of amides is 1. The summed E-state index contributed by atoms with van der Waals surface area (Å²) in [5.41, 5.74) is 1.52. The van der Waals surface area contributed by atoms with Crippen LogP contribution in [-0.4, -0.2) is 60.5 Å². The molecule has 2 aromatic rings. The summed E-state index contributed by atoms with van der Waals surface area (Å²) < 4.78 is 13.2. The molecule has 1 aromatic heterocycles. The van der Waals surface area contributed by atoms with Gasteiger partial charge in [-0.25, -0.2) is 14.4 Å². The zero-order chi connectivity index (χ0) is 19.4. The van der Waals surface area contributed by atoms with Crippen molar-refractivity contribution in [2.75, 3.05) is 32.6 Å². The molecule has 6 nitrogen and oxygen atoms in total. The number of hydrogen-bond donors (Lipinski definition) is 1. The number of likely N-dealkylation sites (tertiary alicyclic amines) is 1. The van der Waals surface area contributed by atoms with E-state index in [9.17, 15) is 9.18 Å². The Morgan fingerprint density at radius 2 is 1.93 bits per heavy atom. The summed E-state index contributed by atoms with van der Waals surface area (Å²) in [6.07, 6.45) is 5.81. The summed E-state index contributed by atoms with van der Waals surface area (Å²) in [7, 11) is 5.78. The second kappa shape index (κ2) is 8.43. The zero-order valence-corrected chi connectivity index (χ0v) is 16.0. The number of anilines is 1. The van der Waals surface area contributed by atoms with Gasteiger partial charge in [0.2, 0.25) is 5.95 Å². The molecule has 7 heteroatoms. The van der Waals surface area contributed by atoms with Crippen LogP contribution in [0.25, 0.3) is 0 Å². The smallest absolute Gasteiger partial charge is 0.254 e. The van der Waals surface area contributed by atoms with Gasteiger partial charge in [-0.05, 0) is 50.6 Å². The zero-order valence-electron chi connectivity index (χ0n) is 16.0. The molecular formula is C20H26FN5O. The van der Waals surface area contributed by atoms with E-state index in [1.807, 2.05) is 26.2 Å². The lowest BCUT2D eigenvalue weighted by molar-refractivity contribution is 0.0851. The molecule has 1 aliphatic rings. The molecule has 27 heavy (non-hydrogen) atoms. The number of likely N-dealkylation sites (N-methyl/N-ethyl adjacent to an activating group) is 1. The third-order valence-electron chi connectivity index (χ3n) is 5.03. The maximum atomic E-state index is 13.2. The highest BCUT2D eigenvalue weighted by Crippen LogP contribution is 2.21. The van der Waals surface area contributed by atoms with Crippen molar-refractivity contribution in [3.8, 4) is 0 Å². The standard InChI is InChI=1S/C20H26FN5O/c1-25(2)20-22-12-15(13-23-20)19(27)24-17-5-4-10-26(3)18(17)11-14-6-8-16(21)9-7-14/h6-9,12-13,17-18H,4-5,10-11H2,1-3H3,(H,24,27)/t17-,18-/m0/s1. The molecule has 1 N–H and O–H groups in total. The van der Waals surface area contributed by atoms with Crippen molar-refractivity contribution in [1.29, 1.82) is 0 Å². The van der Waals surface area contributed by atoms with E-state index < -0.39 is 0 Å². The molecule has 1 aliphatic heterocycles. The topological polar surface area (TPSA) is 61.4 Å². The summed E-state index contributed by atoms with van der Waals surface area (Å²) >= 11 is 0. The first-order valence-electron chi connectivity index (χ1n) is 9.19. The predicted molar refractivity (Wildman–Crippen MR) is 103 cm³/mol. The van der Waals surface area contributed by atoms with Crippen molar-refractivity contribution in [2.24, 2.45) is 0 Å². The Balaban J connectivity index is 1.70. The van der Waals surface area contributed by atoms with Crippen LogP contribution >= 0.6 is 0 Å². The van der Waals surface area contributed by atoms with E-state index in [1.54, 1.807) is 17.3 Å². The summed E-state index contributed by atoms with van der Waals surface area (Å²) in [6.45, 7) is 0.985. The van der Waals surface area contributed by atoms with Crippen LogP contribution in [0, 0.1) is 5.82 Å². The number of carbonyl (C=O) groups is 1. The predicted octanol–water partition coefficient (Wildman–Crippen LogP) is 2.12. The molecule has 2 atom stereocenters. The normalized spacial score (nSPS) is 20.3. The highest BCUT2D eigenvalue weighted by Gasteiger charge is 2.30. The Morgan fingerprint density at radius 1 is 1.26 bits per heavy atom. The summed E-state index contributed by atoms with van der Waals surface area (Å²) in [5.74, 6) is 0.171. The van der Waals surface area contributed by atoms with Crippen LogP contribution < -0.4 is 10.2 Å². The molecule has 1 fully saturated rings. The lowest BCUT2D eigenvalue weighted by atomic mass is 9.91. The maximum Gasteiger partial charge on any atom is 0.254 e. The van der Waals surface area contributed by atoms with Gasteiger partial charge in [-0.3, -0.25) is 4.79 Å². The first-order chi connectivity index (χ1) is 12.9. The van der Waals surface area contributed by atoms with Crippen LogP contribution in [0.2, 0.25) is 0 Å². The Hall–Kier alpha value is -2.54. The van der Waals surface area contributed by atoms with E-state index in [0.29, 0.717) is 11.5 Å². The van der Waals surface area contributed by atoms with Gasteiger partial charge in [-0.15, -0.1) is 0 Å². The number of benzene rings is 1. The number of piperidine rings is 1.